The lowest BCUT2D eigenvalue weighted by Gasteiger charge is -2.60. The van der Waals surface area contributed by atoms with Gasteiger partial charge < -0.3 is 0 Å². The van der Waals surface area contributed by atoms with Gasteiger partial charge in [0.05, 0.1) is 0 Å². The van der Waals surface area contributed by atoms with Crippen LogP contribution in [-0.2, 0) is 0 Å². The summed E-state index contributed by atoms with van der Waals surface area (Å²) >= 11 is 0. The van der Waals surface area contributed by atoms with E-state index in [2.05, 4.69) is 20.8 Å². The third-order valence-corrected chi connectivity index (χ3v) is 9.69. The van der Waals surface area contributed by atoms with E-state index in [9.17, 15) is 0 Å². The third kappa shape index (κ3) is 4.16. The minimum Gasteiger partial charge on any atom is -0.0683 e. The molecule has 0 saturated heterocycles. The predicted octanol–water partition coefficient (Wildman–Crippen LogP) is 9.28. The van der Waals surface area contributed by atoms with Crippen molar-refractivity contribution in [3.8, 4) is 0 Å². The van der Waals surface area contributed by atoms with Crippen LogP contribution in [0.2, 0.25) is 0 Å². The molecule has 0 heterocycles. The van der Waals surface area contributed by atoms with Crippen LogP contribution in [0.25, 0.3) is 0 Å². The first-order valence-corrected chi connectivity index (χ1v) is 13.1. The van der Waals surface area contributed by atoms with Crippen molar-refractivity contribution in [3.05, 3.63) is 0 Å². The van der Waals surface area contributed by atoms with Gasteiger partial charge in [0.1, 0.15) is 0 Å². The molecule has 0 spiro atoms. The molecule has 0 amide bonds. The van der Waals surface area contributed by atoms with Crippen LogP contribution in [0.4, 0.5) is 0 Å². The summed E-state index contributed by atoms with van der Waals surface area (Å²) in [5, 5.41) is 0. The van der Waals surface area contributed by atoms with Crippen molar-refractivity contribution in [2.45, 2.75) is 132 Å². The lowest BCUT2D eigenvalue weighted by molar-refractivity contribution is -0.111. The summed E-state index contributed by atoms with van der Waals surface area (Å²) in [5.74, 6) is 5.41. The Morgan fingerprint density at radius 3 is 2.11 bits per heavy atom. The van der Waals surface area contributed by atoms with Crippen LogP contribution in [-0.4, -0.2) is 0 Å². The third-order valence-electron chi connectivity index (χ3n) is 9.69. The monoisotopic (exact) mass is 376 g/mol. The van der Waals surface area contributed by atoms with Crippen LogP contribution in [0.5, 0.6) is 0 Å². The molecule has 0 aromatic rings. The molecule has 0 radical (unpaired) electrons. The van der Waals surface area contributed by atoms with Crippen molar-refractivity contribution < 1.29 is 0 Å². The molecule has 0 aliphatic heterocycles. The SMILES string of the molecule is CC.CC.CCCCC1CCC2C3CCC4CCCCC4(C)C3CCC12C. The molecule has 160 valence electrons. The topological polar surface area (TPSA) is 0 Å². The van der Waals surface area contributed by atoms with Crippen molar-refractivity contribution in [2.75, 3.05) is 0 Å². The van der Waals surface area contributed by atoms with Gasteiger partial charge in [0.25, 0.3) is 0 Å². The highest BCUT2D eigenvalue weighted by atomic mass is 14.6. The second kappa shape index (κ2) is 10.2. The molecule has 0 aromatic heterocycles. The zero-order valence-corrected chi connectivity index (χ0v) is 20.1. The van der Waals surface area contributed by atoms with E-state index < -0.39 is 0 Å². The van der Waals surface area contributed by atoms with E-state index in [4.69, 9.17) is 0 Å². The second-order valence-corrected chi connectivity index (χ2v) is 10.4. The lowest BCUT2D eigenvalue weighted by atomic mass is 9.45. The van der Waals surface area contributed by atoms with Crippen LogP contribution in [0.3, 0.4) is 0 Å². The molecule has 0 bridgehead atoms. The molecule has 4 aliphatic carbocycles. The summed E-state index contributed by atoms with van der Waals surface area (Å²) in [6.07, 6.45) is 20.0. The standard InChI is InChI=1S/C23H40.2C2H6/c1-4-5-8-17-11-13-20-19-12-10-18-9-6-7-15-22(18,2)21(19)14-16-23(17,20)3;2*1-2/h17-21H,4-16H2,1-3H3;2*1-2H3. The molecule has 4 aliphatic rings. The minimum atomic E-state index is 0.716. The average molecular weight is 377 g/mol. The first-order valence-electron chi connectivity index (χ1n) is 13.1. The van der Waals surface area contributed by atoms with E-state index in [1.807, 2.05) is 27.7 Å². The van der Waals surface area contributed by atoms with Crippen molar-refractivity contribution >= 4 is 0 Å². The van der Waals surface area contributed by atoms with Crippen LogP contribution >= 0.6 is 0 Å². The highest BCUT2D eigenvalue weighted by Gasteiger charge is 2.59. The van der Waals surface area contributed by atoms with Gasteiger partial charge in [-0.3, -0.25) is 0 Å². The summed E-state index contributed by atoms with van der Waals surface area (Å²) in [7, 11) is 0. The fourth-order valence-corrected chi connectivity index (χ4v) is 8.33. The Morgan fingerprint density at radius 2 is 1.41 bits per heavy atom. The zero-order valence-electron chi connectivity index (χ0n) is 20.1. The molecule has 4 fully saturated rings. The molecule has 7 unspecified atom stereocenters. The maximum atomic E-state index is 2.72. The molecule has 27 heavy (non-hydrogen) atoms. The molecule has 0 N–H and O–H groups in total. The first-order chi connectivity index (χ1) is 13.1. The van der Waals surface area contributed by atoms with Gasteiger partial charge >= 0.3 is 0 Å². The largest absolute Gasteiger partial charge is 0.0683 e. The summed E-state index contributed by atoms with van der Waals surface area (Å²) in [6, 6.07) is 0. The highest BCUT2D eigenvalue weighted by molar-refractivity contribution is 5.08. The van der Waals surface area contributed by atoms with Gasteiger partial charge in [0.15, 0.2) is 0 Å². The van der Waals surface area contributed by atoms with Gasteiger partial charge in [0, 0.05) is 0 Å². The number of unbranched alkanes of at least 4 members (excludes halogenated alkanes) is 1. The highest BCUT2D eigenvalue weighted by Crippen LogP contribution is 2.67. The summed E-state index contributed by atoms with van der Waals surface area (Å²) in [4.78, 5) is 0. The van der Waals surface area contributed by atoms with Gasteiger partial charge in [-0.05, 0) is 98.2 Å². The first kappa shape index (κ1) is 23.3. The maximum absolute atomic E-state index is 2.72. The Hall–Kier alpha value is 0. The van der Waals surface area contributed by atoms with E-state index in [1.54, 1.807) is 51.4 Å². The Morgan fingerprint density at radius 1 is 0.704 bits per heavy atom. The predicted molar refractivity (Wildman–Crippen MR) is 122 cm³/mol. The second-order valence-electron chi connectivity index (χ2n) is 10.4. The van der Waals surface area contributed by atoms with Gasteiger partial charge in [-0.1, -0.05) is 74.1 Å². The van der Waals surface area contributed by atoms with E-state index in [1.165, 1.54) is 32.1 Å². The van der Waals surface area contributed by atoms with Crippen LogP contribution in [0, 0.1) is 40.4 Å². The summed E-state index contributed by atoms with van der Waals surface area (Å²) < 4.78 is 0. The van der Waals surface area contributed by atoms with Crippen molar-refractivity contribution in [3.63, 3.8) is 0 Å². The zero-order chi connectivity index (χ0) is 20.1. The fraction of sp³-hybridized carbons (Fsp3) is 1.00. The summed E-state index contributed by atoms with van der Waals surface area (Å²) in [5.41, 5.74) is 1.44. The average Bonchev–Trinajstić information content (AvgIpc) is 3.05. The smallest absolute Gasteiger partial charge is 0.0266 e. The van der Waals surface area contributed by atoms with E-state index in [-0.39, 0.29) is 0 Å². The maximum Gasteiger partial charge on any atom is -0.0266 e. The molecule has 0 aromatic carbocycles. The van der Waals surface area contributed by atoms with E-state index in [0.717, 1.165) is 35.0 Å². The molecular weight excluding hydrogens is 324 g/mol. The van der Waals surface area contributed by atoms with E-state index in [0.29, 0.717) is 5.41 Å². The Labute approximate surface area is 172 Å². The van der Waals surface area contributed by atoms with Crippen molar-refractivity contribution in [2.24, 2.45) is 40.4 Å². The normalized spacial score (nSPS) is 45.2. The van der Waals surface area contributed by atoms with Gasteiger partial charge in [0.2, 0.25) is 0 Å². The number of rotatable bonds is 3. The van der Waals surface area contributed by atoms with E-state index >= 15 is 0 Å². The Bertz CT molecular complexity index is 426. The van der Waals surface area contributed by atoms with Crippen molar-refractivity contribution in [1.82, 2.24) is 0 Å². The van der Waals surface area contributed by atoms with Gasteiger partial charge in [-0.2, -0.15) is 0 Å². The van der Waals surface area contributed by atoms with Crippen LogP contribution in [0.1, 0.15) is 132 Å². The molecular formula is C27H52. The van der Waals surface area contributed by atoms with Crippen molar-refractivity contribution in [1.29, 1.82) is 0 Å². The number of hydrogen-bond acceptors (Lipinski definition) is 0. The molecule has 4 rings (SSSR count). The number of fused-ring (bicyclic) bond motifs is 5. The summed E-state index contributed by atoms with van der Waals surface area (Å²) in [6.45, 7) is 15.8. The molecule has 7 atom stereocenters. The minimum absolute atomic E-state index is 0.716. The molecule has 0 nitrogen and oxygen atoms in total. The number of hydrogen-bond donors (Lipinski definition) is 0. The van der Waals surface area contributed by atoms with Gasteiger partial charge in [-0.25, -0.2) is 0 Å². The molecule has 0 heteroatoms. The van der Waals surface area contributed by atoms with Crippen LogP contribution < -0.4 is 0 Å². The molecule has 4 saturated carbocycles. The Kier molecular flexibility index (Phi) is 8.76. The quantitative estimate of drug-likeness (QED) is 0.460. The lowest BCUT2D eigenvalue weighted by Crippen LogP contribution is -2.52. The van der Waals surface area contributed by atoms with Crippen LogP contribution in [0.15, 0.2) is 0 Å². The Balaban J connectivity index is 0.000000614. The fourth-order valence-electron chi connectivity index (χ4n) is 8.33. The van der Waals surface area contributed by atoms with Gasteiger partial charge in [-0.15, -0.1) is 0 Å².